The summed E-state index contributed by atoms with van der Waals surface area (Å²) in [6.07, 6.45) is 1.62. The second-order valence-corrected chi connectivity index (χ2v) is 3.83. The number of thioether (sulfide) groups is 1. The van der Waals surface area contributed by atoms with E-state index in [2.05, 4.69) is 0 Å². The van der Waals surface area contributed by atoms with Gasteiger partial charge >= 0.3 is 5.97 Å². The molecule has 0 spiro atoms. The van der Waals surface area contributed by atoms with Crippen molar-refractivity contribution < 1.29 is 14.3 Å². The molecule has 0 amide bonds. The van der Waals surface area contributed by atoms with E-state index in [-0.39, 0.29) is 12.0 Å². The van der Waals surface area contributed by atoms with Crippen molar-refractivity contribution in [2.24, 2.45) is 0 Å². The minimum atomic E-state index is -1.01. The topological polar surface area (TPSA) is 37.3 Å². The van der Waals surface area contributed by atoms with Gasteiger partial charge in [-0.15, -0.1) is 11.8 Å². The number of hydrogen-bond acceptors (Lipinski definition) is 2. The highest BCUT2D eigenvalue weighted by Crippen LogP contribution is 2.23. The second-order valence-electron chi connectivity index (χ2n) is 2.98. The molecule has 76 valence electrons. The Bertz CT molecular complexity index is 363. The smallest absolute Gasteiger partial charge is 0.307 e. The van der Waals surface area contributed by atoms with Crippen LogP contribution in [-0.2, 0) is 11.2 Å². The Morgan fingerprint density at radius 1 is 1.57 bits per heavy atom. The van der Waals surface area contributed by atoms with E-state index in [0.717, 1.165) is 10.5 Å². The van der Waals surface area contributed by atoms with Gasteiger partial charge in [0.2, 0.25) is 0 Å². The first-order valence-electron chi connectivity index (χ1n) is 4.09. The maximum Gasteiger partial charge on any atom is 0.307 e. The van der Waals surface area contributed by atoms with Crippen molar-refractivity contribution in [2.45, 2.75) is 18.2 Å². The van der Waals surface area contributed by atoms with Crippen LogP contribution in [0.4, 0.5) is 4.39 Å². The van der Waals surface area contributed by atoms with Crippen molar-refractivity contribution in [3.8, 4) is 0 Å². The van der Waals surface area contributed by atoms with E-state index < -0.39 is 11.8 Å². The van der Waals surface area contributed by atoms with Gasteiger partial charge in [-0.05, 0) is 30.9 Å². The molecule has 1 N–H and O–H groups in total. The number of benzene rings is 1. The number of carboxylic acids is 1. The van der Waals surface area contributed by atoms with Gasteiger partial charge in [-0.2, -0.15) is 0 Å². The summed E-state index contributed by atoms with van der Waals surface area (Å²) in [6.45, 7) is 1.81. The van der Waals surface area contributed by atoms with Gasteiger partial charge < -0.3 is 5.11 Å². The van der Waals surface area contributed by atoms with Crippen LogP contribution >= 0.6 is 11.8 Å². The van der Waals surface area contributed by atoms with Gasteiger partial charge in [0.1, 0.15) is 5.82 Å². The highest BCUT2D eigenvalue weighted by atomic mass is 32.2. The van der Waals surface area contributed by atoms with E-state index in [1.54, 1.807) is 13.0 Å². The maximum atomic E-state index is 13.3. The molecule has 0 bridgehead atoms. The molecule has 1 rings (SSSR count). The predicted octanol–water partition coefficient (Wildman–Crippen LogP) is 2.48. The van der Waals surface area contributed by atoms with Gasteiger partial charge in [0.15, 0.2) is 0 Å². The van der Waals surface area contributed by atoms with Gasteiger partial charge in [-0.3, -0.25) is 4.79 Å². The Balaban J connectivity index is 3.10. The first-order valence-corrected chi connectivity index (χ1v) is 5.32. The average molecular weight is 214 g/mol. The number of aryl methyl sites for hydroxylation is 1. The lowest BCUT2D eigenvalue weighted by Crippen LogP contribution is -2.03. The first-order chi connectivity index (χ1) is 6.54. The molecule has 0 aromatic heterocycles. The molecule has 0 radical (unpaired) electrons. The molecule has 0 aliphatic carbocycles. The molecular formula is C10H11FO2S. The third-order valence-electron chi connectivity index (χ3n) is 1.91. The largest absolute Gasteiger partial charge is 0.481 e. The molecule has 0 aliphatic heterocycles. The van der Waals surface area contributed by atoms with Crippen molar-refractivity contribution in [2.75, 3.05) is 6.26 Å². The fourth-order valence-corrected chi connectivity index (χ4v) is 1.85. The summed E-state index contributed by atoms with van der Waals surface area (Å²) in [4.78, 5) is 11.4. The fourth-order valence-electron chi connectivity index (χ4n) is 1.21. The lowest BCUT2D eigenvalue weighted by Gasteiger charge is -2.06. The third-order valence-corrected chi connectivity index (χ3v) is 2.79. The van der Waals surface area contributed by atoms with Crippen LogP contribution in [0.15, 0.2) is 17.0 Å². The van der Waals surface area contributed by atoms with Crippen LogP contribution in [0.1, 0.15) is 11.1 Å². The van der Waals surface area contributed by atoms with E-state index in [9.17, 15) is 9.18 Å². The predicted molar refractivity (Wildman–Crippen MR) is 54.3 cm³/mol. The molecule has 14 heavy (non-hydrogen) atoms. The number of carboxylic acid groups (broad SMARTS) is 1. The van der Waals surface area contributed by atoms with Crippen molar-refractivity contribution >= 4 is 17.7 Å². The van der Waals surface area contributed by atoms with Crippen molar-refractivity contribution in [1.29, 1.82) is 0 Å². The molecule has 1 aromatic carbocycles. The standard InChI is InChI=1S/C10H11FO2S/c1-6-3-8(11)7(5-10(12)13)4-9(6)14-2/h3-4H,5H2,1-2H3,(H,12,13). The summed E-state index contributed by atoms with van der Waals surface area (Å²) in [7, 11) is 0. The molecule has 0 aliphatic rings. The molecule has 0 unspecified atom stereocenters. The highest BCUT2D eigenvalue weighted by Gasteiger charge is 2.09. The van der Waals surface area contributed by atoms with Gasteiger partial charge in [-0.1, -0.05) is 0 Å². The monoisotopic (exact) mass is 214 g/mol. The molecular weight excluding hydrogens is 203 g/mol. The lowest BCUT2D eigenvalue weighted by molar-refractivity contribution is -0.136. The van der Waals surface area contributed by atoms with E-state index in [1.807, 2.05) is 6.26 Å². The molecule has 0 atom stereocenters. The lowest BCUT2D eigenvalue weighted by atomic mass is 10.1. The van der Waals surface area contributed by atoms with Gasteiger partial charge in [-0.25, -0.2) is 4.39 Å². The average Bonchev–Trinajstić information content (AvgIpc) is 2.09. The number of halogens is 1. The zero-order valence-corrected chi connectivity index (χ0v) is 8.82. The van der Waals surface area contributed by atoms with Crippen molar-refractivity contribution in [3.05, 3.63) is 29.1 Å². The molecule has 0 heterocycles. The second kappa shape index (κ2) is 4.46. The molecule has 0 saturated heterocycles. The SMILES string of the molecule is CSc1cc(CC(=O)O)c(F)cc1C. The van der Waals surface area contributed by atoms with Gasteiger partial charge in [0.05, 0.1) is 6.42 Å². The Hall–Kier alpha value is -1.03. The van der Waals surface area contributed by atoms with Crippen LogP contribution in [0, 0.1) is 12.7 Å². The summed E-state index contributed by atoms with van der Waals surface area (Å²) in [6, 6.07) is 2.98. The summed E-state index contributed by atoms with van der Waals surface area (Å²) in [5.41, 5.74) is 1.08. The van der Waals surface area contributed by atoms with E-state index in [0.29, 0.717) is 0 Å². The zero-order chi connectivity index (χ0) is 10.7. The van der Waals surface area contributed by atoms with Crippen molar-refractivity contribution in [1.82, 2.24) is 0 Å². The summed E-state index contributed by atoms with van der Waals surface area (Å²) in [5, 5.41) is 8.55. The van der Waals surface area contributed by atoms with E-state index >= 15 is 0 Å². The molecule has 0 saturated carbocycles. The van der Waals surface area contributed by atoms with Gasteiger partial charge in [0.25, 0.3) is 0 Å². The Morgan fingerprint density at radius 3 is 2.71 bits per heavy atom. The summed E-state index contributed by atoms with van der Waals surface area (Å²) in [5.74, 6) is -1.46. The minimum Gasteiger partial charge on any atom is -0.481 e. The van der Waals surface area contributed by atoms with Crippen LogP contribution in [0.25, 0.3) is 0 Å². The summed E-state index contributed by atoms with van der Waals surface area (Å²) >= 11 is 1.49. The fraction of sp³-hybridized carbons (Fsp3) is 0.300. The number of carbonyl (C=O) groups is 1. The number of hydrogen-bond donors (Lipinski definition) is 1. The molecule has 4 heteroatoms. The minimum absolute atomic E-state index is 0.243. The Morgan fingerprint density at radius 2 is 2.21 bits per heavy atom. The quantitative estimate of drug-likeness (QED) is 0.785. The normalized spacial score (nSPS) is 10.2. The molecule has 2 nitrogen and oxygen atoms in total. The van der Waals surface area contributed by atoms with Crippen LogP contribution in [-0.4, -0.2) is 17.3 Å². The van der Waals surface area contributed by atoms with Crippen LogP contribution < -0.4 is 0 Å². The van der Waals surface area contributed by atoms with Crippen LogP contribution in [0.5, 0.6) is 0 Å². The van der Waals surface area contributed by atoms with Crippen LogP contribution in [0.2, 0.25) is 0 Å². The highest BCUT2D eigenvalue weighted by molar-refractivity contribution is 7.98. The summed E-state index contributed by atoms with van der Waals surface area (Å²) < 4.78 is 13.3. The Kier molecular flexibility index (Phi) is 3.52. The Labute approximate surface area is 86.1 Å². The van der Waals surface area contributed by atoms with Crippen molar-refractivity contribution in [3.63, 3.8) is 0 Å². The van der Waals surface area contributed by atoms with Gasteiger partial charge in [0, 0.05) is 10.5 Å². The first kappa shape index (κ1) is 11.0. The number of rotatable bonds is 3. The third kappa shape index (κ3) is 2.48. The van der Waals surface area contributed by atoms with Crippen LogP contribution in [0.3, 0.4) is 0 Å². The zero-order valence-electron chi connectivity index (χ0n) is 8.00. The number of aliphatic carboxylic acids is 1. The van der Waals surface area contributed by atoms with E-state index in [4.69, 9.17) is 5.11 Å². The van der Waals surface area contributed by atoms with E-state index in [1.165, 1.54) is 17.8 Å². The molecule has 0 fully saturated rings. The maximum absolute atomic E-state index is 13.3. The molecule has 1 aromatic rings.